The highest BCUT2D eigenvalue weighted by molar-refractivity contribution is 6.31. The van der Waals surface area contributed by atoms with Gasteiger partial charge in [0.2, 0.25) is 0 Å². The quantitative estimate of drug-likeness (QED) is 0.661. The molecule has 0 heterocycles. The van der Waals surface area contributed by atoms with Gasteiger partial charge in [0.25, 0.3) is 5.69 Å². The summed E-state index contributed by atoms with van der Waals surface area (Å²) in [6, 6.07) is 2.24. The molecule has 18 heavy (non-hydrogen) atoms. The highest BCUT2D eigenvalue weighted by Crippen LogP contribution is 2.39. The van der Waals surface area contributed by atoms with Crippen LogP contribution in [0.5, 0.6) is 0 Å². The number of hydrogen-bond donors (Lipinski definition) is 1. The first-order valence-corrected chi connectivity index (χ1v) is 5.93. The fourth-order valence-electron chi connectivity index (χ4n) is 1.90. The Balaban J connectivity index is 2.45. The third-order valence-electron chi connectivity index (χ3n) is 2.85. The lowest BCUT2D eigenvalue weighted by Crippen LogP contribution is -2.29. The minimum Gasteiger partial charge on any atom is -0.395 e. The van der Waals surface area contributed by atoms with E-state index < -0.39 is 10.7 Å². The monoisotopic (exact) mass is 274 g/mol. The van der Waals surface area contributed by atoms with Crippen molar-refractivity contribution in [1.29, 1.82) is 0 Å². The highest BCUT2D eigenvalue weighted by atomic mass is 35.5. The van der Waals surface area contributed by atoms with Gasteiger partial charge >= 0.3 is 0 Å². The number of nitro groups is 1. The molecular formula is C11H12ClFN2O3. The zero-order valence-electron chi connectivity index (χ0n) is 9.47. The van der Waals surface area contributed by atoms with Crippen LogP contribution in [0.4, 0.5) is 15.8 Å². The molecule has 1 aliphatic rings. The van der Waals surface area contributed by atoms with Gasteiger partial charge in [-0.05, 0) is 18.9 Å². The van der Waals surface area contributed by atoms with Crippen molar-refractivity contribution >= 4 is 23.0 Å². The molecule has 0 amide bonds. The summed E-state index contributed by atoms with van der Waals surface area (Å²) < 4.78 is 13.3. The molecule has 98 valence electrons. The van der Waals surface area contributed by atoms with E-state index in [2.05, 4.69) is 0 Å². The summed E-state index contributed by atoms with van der Waals surface area (Å²) in [6.45, 7) is 0.149. The second kappa shape index (κ2) is 5.07. The van der Waals surface area contributed by atoms with Crippen LogP contribution in [-0.2, 0) is 0 Å². The molecule has 1 aromatic carbocycles. The molecule has 1 aliphatic carbocycles. The SMILES string of the molecule is O=[N+]([O-])c1cc(F)c(Cl)cc1N(CCO)C1CC1. The normalized spacial score (nSPS) is 14.6. The summed E-state index contributed by atoms with van der Waals surface area (Å²) in [5, 5.41) is 19.8. The minimum absolute atomic E-state index is 0.122. The topological polar surface area (TPSA) is 66.6 Å². The molecule has 5 nitrogen and oxygen atoms in total. The lowest BCUT2D eigenvalue weighted by Gasteiger charge is -2.23. The predicted octanol–water partition coefficient (Wildman–Crippen LogP) is 2.35. The van der Waals surface area contributed by atoms with Crippen molar-refractivity contribution in [3.63, 3.8) is 0 Å². The molecule has 0 bridgehead atoms. The van der Waals surface area contributed by atoms with Crippen molar-refractivity contribution in [3.05, 3.63) is 33.1 Å². The Bertz CT molecular complexity index is 480. The molecule has 2 rings (SSSR count). The fourth-order valence-corrected chi connectivity index (χ4v) is 2.05. The van der Waals surface area contributed by atoms with E-state index in [0.717, 1.165) is 18.9 Å². The first-order chi connectivity index (χ1) is 8.54. The number of benzene rings is 1. The largest absolute Gasteiger partial charge is 0.395 e. The summed E-state index contributed by atoms with van der Waals surface area (Å²) in [5.74, 6) is -0.813. The van der Waals surface area contributed by atoms with Crippen LogP contribution < -0.4 is 4.90 Å². The fraction of sp³-hybridized carbons (Fsp3) is 0.455. The van der Waals surface area contributed by atoms with E-state index in [9.17, 15) is 14.5 Å². The number of aliphatic hydroxyl groups excluding tert-OH is 1. The molecule has 0 spiro atoms. The number of anilines is 1. The number of hydrogen-bond acceptors (Lipinski definition) is 4. The van der Waals surface area contributed by atoms with Gasteiger partial charge in [-0.2, -0.15) is 0 Å². The van der Waals surface area contributed by atoms with Crippen LogP contribution in [0, 0.1) is 15.9 Å². The number of halogens is 2. The molecule has 0 aliphatic heterocycles. The van der Waals surface area contributed by atoms with Crippen LogP contribution in [0.3, 0.4) is 0 Å². The Morgan fingerprint density at radius 2 is 2.22 bits per heavy atom. The van der Waals surface area contributed by atoms with E-state index >= 15 is 0 Å². The van der Waals surface area contributed by atoms with E-state index in [4.69, 9.17) is 16.7 Å². The van der Waals surface area contributed by atoms with Crippen molar-refractivity contribution in [2.45, 2.75) is 18.9 Å². The molecule has 0 atom stereocenters. The number of nitro benzene ring substituents is 1. The third kappa shape index (κ3) is 2.54. The van der Waals surface area contributed by atoms with Crippen LogP contribution >= 0.6 is 11.6 Å². The molecular weight excluding hydrogens is 263 g/mol. The molecule has 0 saturated heterocycles. The Hall–Kier alpha value is -1.40. The molecule has 0 aromatic heterocycles. The van der Waals surface area contributed by atoms with Crippen LogP contribution in [0.15, 0.2) is 12.1 Å². The lowest BCUT2D eigenvalue weighted by molar-refractivity contribution is -0.384. The number of nitrogens with zero attached hydrogens (tertiary/aromatic N) is 2. The van der Waals surface area contributed by atoms with E-state index in [0.29, 0.717) is 0 Å². The number of aliphatic hydroxyl groups is 1. The maximum absolute atomic E-state index is 13.3. The Kier molecular flexibility index (Phi) is 3.68. The van der Waals surface area contributed by atoms with Crippen molar-refractivity contribution < 1.29 is 14.4 Å². The second-order valence-electron chi connectivity index (χ2n) is 4.16. The van der Waals surface area contributed by atoms with Gasteiger partial charge in [-0.15, -0.1) is 0 Å². The first-order valence-electron chi connectivity index (χ1n) is 5.55. The van der Waals surface area contributed by atoms with Gasteiger partial charge in [0.1, 0.15) is 11.5 Å². The van der Waals surface area contributed by atoms with E-state index in [1.165, 1.54) is 6.07 Å². The maximum atomic E-state index is 13.3. The summed E-state index contributed by atoms with van der Waals surface area (Å²) in [4.78, 5) is 12.0. The molecule has 1 fully saturated rings. The number of rotatable bonds is 5. The van der Waals surface area contributed by atoms with E-state index in [-0.39, 0.29) is 35.6 Å². The first kappa shape index (κ1) is 13.0. The van der Waals surface area contributed by atoms with Crippen molar-refractivity contribution in [3.8, 4) is 0 Å². The van der Waals surface area contributed by atoms with E-state index in [1.54, 1.807) is 4.90 Å². The molecule has 7 heteroatoms. The summed E-state index contributed by atoms with van der Waals surface area (Å²) >= 11 is 5.67. The zero-order chi connectivity index (χ0) is 13.3. The van der Waals surface area contributed by atoms with Gasteiger partial charge in [0, 0.05) is 12.6 Å². The standard InChI is InChI=1S/C11H12ClFN2O3/c12-8-5-10(11(15(17)18)6-9(8)13)14(3-4-16)7-1-2-7/h5-7,16H,1-4H2. The summed E-state index contributed by atoms with van der Waals surface area (Å²) in [5.41, 5.74) is -0.0554. The molecule has 1 N–H and O–H groups in total. The maximum Gasteiger partial charge on any atom is 0.295 e. The zero-order valence-corrected chi connectivity index (χ0v) is 10.2. The van der Waals surface area contributed by atoms with Gasteiger partial charge in [-0.1, -0.05) is 11.6 Å². The Morgan fingerprint density at radius 1 is 1.56 bits per heavy atom. The van der Waals surface area contributed by atoms with Gasteiger partial charge in [0.05, 0.1) is 22.6 Å². The summed E-state index contributed by atoms with van der Waals surface area (Å²) in [7, 11) is 0. The molecule has 0 radical (unpaired) electrons. The van der Waals surface area contributed by atoms with Gasteiger partial charge in [-0.3, -0.25) is 10.1 Å². The smallest absolute Gasteiger partial charge is 0.295 e. The van der Waals surface area contributed by atoms with Crippen LogP contribution in [-0.4, -0.2) is 29.2 Å². The summed E-state index contributed by atoms with van der Waals surface area (Å²) in [6.07, 6.45) is 1.82. The highest BCUT2D eigenvalue weighted by Gasteiger charge is 2.33. The average molecular weight is 275 g/mol. The van der Waals surface area contributed by atoms with Gasteiger partial charge in [-0.25, -0.2) is 4.39 Å². The van der Waals surface area contributed by atoms with Crippen LogP contribution in [0.25, 0.3) is 0 Å². The van der Waals surface area contributed by atoms with Crippen molar-refractivity contribution in [1.82, 2.24) is 0 Å². The predicted molar refractivity (Wildman–Crippen MR) is 65.5 cm³/mol. The van der Waals surface area contributed by atoms with Crippen LogP contribution in [0.1, 0.15) is 12.8 Å². The van der Waals surface area contributed by atoms with Gasteiger partial charge in [0.15, 0.2) is 0 Å². The van der Waals surface area contributed by atoms with Gasteiger partial charge < -0.3 is 10.0 Å². The Morgan fingerprint density at radius 3 is 2.72 bits per heavy atom. The average Bonchev–Trinajstić information content (AvgIpc) is 3.13. The van der Waals surface area contributed by atoms with Crippen LogP contribution in [0.2, 0.25) is 5.02 Å². The minimum atomic E-state index is -0.813. The van der Waals surface area contributed by atoms with Crippen molar-refractivity contribution in [2.24, 2.45) is 0 Å². The second-order valence-corrected chi connectivity index (χ2v) is 4.57. The molecule has 0 unspecified atom stereocenters. The van der Waals surface area contributed by atoms with E-state index in [1.807, 2.05) is 0 Å². The lowest BCUT2D eigenvalue weighted by atomic mass is 10.2. The molecule has 1 aromatic rings. The van der Waals surface area contributed by atoms with Crippen molar-refractivity contribution in [2.75, 3.05) is 18.1 Å². The molecule has 1 saturated carbocycles. The third-order valence-corrected chi connectivity index (χ3v) is 3.14. The Labute approximate surface area is 108 Å².